The summed E-state index contributed by atoms with van der Waals surface area (Å²) in [5.41, 5.74) is 8.63. The number of nitrogens with zero attached hydrogens (tertiary/aromatic N) is 3. The Morgan fingerprint density at radius 3 is 2.44 bits per heavy atom. The Balaban J connectivity index is 1.35. The first kappa shape index (κ1) is 27.2. The minimum absolute atomic E-state index is 0.0145. The van der Waals surface area contributed by atoms with Crippen molar-refractivity contribution in [2.75, 3.05) is 17.2 Å². The van der Waals surface area contributed by atoms with Crippen LogP contribution in [0, 0.1) is 10.1 Å². The van der Waals surface area contributed by atoms with Crippen LogP contribution in [0.3, 0.4) is 0 Å². The summed E-state index contributed by atoms with van der Waals surface area (Å²) >= 11 is 1.23. The number of hydrogen-bond acceptors (Lipinski definition) is 8. The number of primary amides is 1. The minimum atomic E-state index is -0.493. The van der Waals surface area contributed by atoms with Crippen molar-refractivity contribution in [3.8, 4) is 10.4 Å². The van der Waals surface area contributed by atoms with Crippen LogP contribution in [-0.4, -0.2) is 38.6 Å². The van der Waals surface area contributed by atoms with E-state index in [-0.39, 0.29) is 36.9 Å². The van der Waals surface area contributed by atoms with Crippen LogP contribution < -0.4 is 16.4 Å². The lowest BCUT2D eigenvalue weighted by atomic mass is 10.1. The highest BCUT2D eigenvalue weighted by Gasteiger charge is 2.18. The monoisotopic (exact) mass is 568 g/mol. The third kappa shape index (κ3) is 6.28. The van der Waals surface area contributed by atoms with E-state index in [1.807, 2.05) is 6.07 Å². The second-order valence-electron chi connectivity index (χ2n) is 9.07. The highest BCUT2D eigenvalue weighted by atomic mass is 32.1. The van der Waals surface area contributed by atoms with E-state index >= 15 is 0 Å². The first-order chi connectivity index (χ1) is 19.8. The lowest BCUT2D eigenvalue weighted by Crippen LogP contribution is -2.18. The maximum Gasteiger partial charge on any atom is 0.269 e. The van der Waals surface area contributed by atoms with Crippen LogP contribution in [0.25, 0.3) is 21.5 Å². The van der Waals surface area contributed by atoms with Gasteiger partial charge in [-0.1, -0.05) is 30.3 Å². The number of aryl methyl sites for hydroxylation is 1. The van der Waals surface area contributed by atoms with Gasteiger partial charge in [-0.25, -0.2) is 4.98 Å². The van der Waals surface area contributed by atoms with Gasteiger partial charge in [-0.05, 0) is 48.0 Å². The van der Waals surface area contributed by atoms with Gasteiger partial charge < -0.3 is 15.6 Å². The number of amides is 2. The van der Waals surface area contributed by atoms with Crippen molar-refractivity contribution < 1.29 is 19.3 Å². The summed E-state index contributed by atoms with van der Waals surface area (Å²) in [5.74, 6) is -0.706. The zero-order valence-electron chi connectivity index (χ0n) is 21.6. The van der Waals surface area contributed by atoms with Crippen molar-refractivity contribution in [1.29, 1.82) is 0 Å². The first-order valence-corrected chi connectivity index (χ1v) is 13.4. The fraction of sp³-hybridized carbons (Fsp3) is 0.103. The molecule has 0 spiro atoms. The van der Waals surface area contributed by atoms with Gasteiger partial charge in [0, 0.05) is 41.2 Å². The van der Waals surface area contributed by atoms with Crippen molar-refractivity contribution in [2.45, 2.75) is 13.0 Å². The van der Waals surface area contributed by atoms with Crippen molar-refractivity contribution in [1.82, 2.24) is 9.55 Å². The van der Waals surface area contributed by atoms with Gasteiger partial charge in [0.2, 0.25) is 11.9 Å². The highest BCUT2D eigenvalue weighted by molar-refractivity contribution is 7.17. The van der Waals surface area contributed by atoms with Crippen LogP contribution in [-0.2, 0) is 11.3 Å². The van der Waals surface area contributed by atoms with Gasteiger partial charge in [0.1, 0.15) is 0 Å². The van der Waals surface area contributed by atoms with E-state index in [1.54, 1.807) is 71.3 Å². The van der Waals surface area contributed by atoms with Gasteiger partial charge >= 0.3 is 0 Å². The zero-order chi connectivity index (χ0) is 28.9. The summed E-state index contributed by atoms with van der Waals surface area (Å²) < 4.78 is 1.71. The fourth-order valence-electron chi connectivity index (χ4n) is 4.22. The van der Waals surface area contributed by atoms with Crippen LogP contribution in [0.5, 0.6) is 0 Å². The molecular weight excluding hydrogens is 544 g/mol. The van der Waals surface area contributed by atoms with Crippen molar-refractivity contribution in [3.63, 3.8) is 0 Å². The standard InChI is InChI=1S/C29H24N6O5S/c30-27(37)14-15-34-23-11-8-20(31-17-24(36)18-4-2-1-3-5-18)16-22(23)32-29(34)33-28(38)26-13-12-25(41-26)19-6-9-21(10-7-19)35(39)40/h1-13,16,31H,14-15,17H2,(H2,30,37)(H,32,33,38). The summed E-state index contributed by atoms with van der Waals surface area (Å²) in [6, 6.07) is 23.9. The molecule has 4 N–H and O–H groups in total. The zero-order valence-corrected chi connectivity index (χ0v) is 22.4. The SMILES string of the molecule is NC(=O)CCn1c(NC(=O)c2ccc(-c3ccc([N+](=O)[O-])cc3)s2)nc2cc(NCC(=O)c3ccccc3)ccc21. The molecule has 2 aromatic heterocycles. The van der Waals surface area contributed by atoms with Gasteiger partial charge in [0.15, 0.2) is 5.78 Å². The molecule has 0 aliphatic heterocycles. The number of hydrogen-bond donors (Lipinski definition) is 3. The van der Waals surface area contributed by atoms with Crippen molar-refractivity contribution in [2.24, 2.45) is 5.73 Å². The molecule has 0 unspecified atom stereocenters. The Morgan fingerprint density at radius 2 is 1.73 bits per heavy atom. The van der Waals surface area contributed by atoms with Gasteiger partial charge in [0.25, 0.3) is 11.6 Å². The number of thiophene rings is 1. The summed E-state index contributed by atoms with van der Waals surface area (Å²) in [7, 11) is 0. The van der Waals surface area contributed by atoms with E-state index in [0.717, 1.165) is 10.4 Å². The number of nitrogens with two attached hydrogens (primary N) is 1. The van der Waals surface area contributed by atoms with Crippen molar-refractivity contribution >= 4 is 57.3 Å². The molecule has 0 aliphatic carbocycles. The smallest absolute Gasteiger partial charge is 0.269 e. The molecule has 2 heterocycles. The number of ketones is 1. The molecule has 5 aromatic rings. The predicted octanol–water partition coefficient (Wildman–Crippen LogP) is 5.10. The molecule has 12 heteroatoms. The lowest BCUT2D eigenvalue weighted by Gasteiger charge is -2.09. The number of Topliss-reactive ketones (excluding diaryl/α,β-unsaturated/α-hetero) is 1. The number of non-ortho nitro benzene ring substituents is 1. The fourth-order valence-corrected chi connectivity index (χ4v) is 5.12. The topological polar surface area (TPSA) is 162 Å². The number of benzene rings is 3. The van der Waals surface area contributed by atoms with Crippen LogP contribution in [0.2, 0.25) is 0 Å². The minimum Gasteiger partial charge on any atom is -0.378 e. The Kier molecular flexibility index (Phi) is 7.83. The second-order valence-corrected chi connectivity index (χ2v) is 10.2. The third-order valence-electron chi connectivity index (χ3n) is 6.30. The molecule has 0 saturated heterocycles. The van der Waals surface area contributed by atoms with Gasteiger partial charge in [-0.15, -0.1) is 11.3 Å². The Bertz CT molecular complexity index is 1760. The molecule has 0 saturated carbocycles. The van der Waals surface area contributed by atoms with E-state index in [1.165, 1.54) is 23.5 Å². The quantitative estimate of drug-likeness (QED) is 0.113. The van der Waals surface area contributed by atoms with Crippen LogP contribution in [0.4, 0.5) is 17.3 Å². The summed E-state index contributed by atoms with van der Waals surface area (Å²) in [4.78, 5) is 53.4. The Hall–Kier alpha value is -5.36. The van der Waals surface area contributed by atoms with Gasteiger partial charge in [-0.3, -0.25) is 29.8 Å². The number of nitro benzene ring substituents is 1. The molecule has 2 amide bonds. The van der Waals surface area contributed by atoms with Crippen LogP contribution in [0.1, 0.15) is 26.5 Å². The van der Waals surface area contributed by atoms with E-state index < -0.39 is 16.7 Å². The molecule has 41 heavy (non-hydrogen) atoms. The number of nitro groups is 1. The molecule has 0 aliphatic rings. The first-order valence-electron chi connectivity index (χ1n) is 12.6. The van der Waals surface area contributed by atoms with Crippen LogP contribution >= 0.6 is 11.3 Å². The number of anilines is 2. The molecule has 0 fully saturated rings. The largest absolute Gasteiger partial charge is 0.378 e. The molecular formula is C29H24N6O5S. The van der Waals surface area contributed by atoms with Gasteiger partial charge in [-0.2, -0.15) is 0 Å². The van der Waals surface area contributed by atoms with E-state index in [9.17, 15) is 24.5 Å². The maximum atomic E-state index is 13.2. The van der Waals surface area contributed by atoms with E-state index in [2.05, 4.69) is 15.6 Å². The maximum absolute atomic E-state index is 13.2. The van der Waals surface area contributed by atoms with Crippen LogP contribution in [0.15, 0.2) is 84.9 Å². The third-order valence-corrected chi connectivity index (χ3v) is 7.43. The average Bonchev–Trinajstić information content (AvgIpc) is 3.60. The van der Waals surface area contributed by atoms with E-state index in [4.69, 9.17) is 5.73 Å². The Morgan fingerprint density at radius 1 is 0.976 bits per heavy atom. The molecule has 0 radical (unpaired) electrons. The number of nitrogens with one attached hydrogen (secondary N) is 2. The Labute approximate surface area is 237 Å². The number of imidazole rings is 1. The molecule has 0 atom stereocenters. The molecule has 11 nitrogen and oxygen atoms in total. The summed E-state index contributed by atoms with van der Waals surface area (Å²) in [6.07, 6.45) is 0.0448. The van der Waals surface area contributed by atoms with Gasteiger partial charge in [0.05, 0.1) is 27.4 Å². The molecule has 3 aromatic carbocycles. The number of carbonyl (C=O) groups excluding carboxylic acids is 3. The summed E-state index contributed by atoms with van der Waals surface area (Å²) in [5, 5.41) is 16.9. The van der Waals surface area contributed by atoms with E-state index in [0.29, 0.717) is 27.2 Å². The lowest BCUT2D eigenvalue weighted by molar-refractivity contribution is -0.384. The normalized spacial score (nSPS) is 10.8. The molecule has 0 bridgehead atoms. The number of aromatic nitrogens is 2. The van der Waals surface area contributed by atoms with Crippen molar-refractivity contribution in [3.05, 3.63) is 105 Å². The predicted molar refractivity (Wildman–Crippen MR) is 157 cm³/mol. The second kappa shape index (κ2) is 11.8. The summed E-state index contributed by atoms with van der Waals surface area (Å²) in [6.45, 7) is 0.302. The number of fused-ring (bicyclic) bond motifs is 1. The number of carbonyl (C=O) groups is 3. The molecule has 206 valence electrons. The molecule has 5 rings (SSSR count). The number of rotatable bonds is 11. The average molecular weight is 569 g/mol. The highest BCUT2D eigenvalue weighted by Crippen LogP contribution is 2.30.